The van der Waals surface area contributed by atoms with Crippen molar-refractivity contribution >= 4 is 5.97 Å². The lowest BCUT2D eigenvalue weighted by Gasteiger charge is -2.03. The van der Waals surface area contributed by atoms with Gasteiger partial charge in [-0.2, -0.15) is 0 Å². The summed E-state index contributed by atoms with van der Waals surface area (Å²) in [5, 5.41) is 8.45. The van der Waals surface area contributed by atoms with Crippen molar-refractivity contribution in [1.29, 1.82) is 0 Å². The first-order valence-electron chi connectivity index (χ1n) is 4.28. The van der Waals surface area contributed by atoms with E-state index in [9.17, 15) is 4.79 Å². The highest BCUT2D eigenvalue weighted by molar-refractivity contribution is 5.72. The van der Waals surface area contributed by atoms with Crippen LogP contribution in [0.1, 0.15) is 32.6 Å². The van der Waals surface area contributed by atoms with Gasteiger partial charge in [0.2, 0.25) is 0 Å². The Morgan fingerprint density at radius 1 is 1.58 bits per heavy atom. The third-order valence-electron chi connectivity index (χ3n) is 1.69. The average molecular weight is 171 g/mol. The summed E-state index contributed by atoms with van der Waals surface area (Å²) in [6.07, 6.45) is 7.57. The van der Waals surface area contributed by atoms with E-state index in [2.05, 4.69) is 6.08 Å². The number of rotatable bonds is 6. The maximum Gasteiger partial charge on any atom is 0.320 e. The van der Waals surface area contributed by atoms with E-state index in [0.29, 0.717) is 6.42 Å². The number of hydrogen-bond acceptors (Lipinski definition) is 2. The van der Waals surface area contributed by atoms with Crippen LogP contribution in [0.4, 0.5) is 0 Å². The molecule has 0 bridgehead atoms. The molecule has 0 rings (SSSR count). The Morgan fingerprint density at radius 3 is 2.75 bits per heavy atom. The molecule has 1 unspecified atom stereocenters. The normalized spacial score (nSPS) is 13.5. The fourth-order valence-electron chi connectivity index (χ4n) is 0.917. The Bertz CT molecular complexity index is 155. The second kappa shape index (κ2) is 6.85. The molecule has 0 fully saturated rings. The first kappa shape index (κ1) is 11.2. The van der Waals surface area contributed by atoms with Crippen molar-refractivity contribution in [2.75, 3.05) is 0 Å². The molecule has 1 atom stereocenters. The number of nitrogens with two attached hydrogens (primary N) is 1. The molecule has 0 aliphatic heterocycles. The molecule has 3 N–H and O–H groups in total. The van der Waals surface area contributed by atoms with Gasteiger partial charge in [-0.25, -0.2) is 0 Å². The Kier molecular flexibility index (Phi) is 6.38. The smallest absolute Gasteiger partial charge is 0.320 e. The van der Waals surface area contributed by atoms with E-state index in [1.165, 1.54) is 0 Å². The van der Waals surface area contributed by atoms with E-state index in [1.54, 1.807) is 0 Å². The van der Waals surface area contributed by atoms with Crippen LogP contribution < -0.4 is 5.73 Å². The van der Waals surface area contributed by atoms with Crippen LogP contribution >= 0.6 is 0 Å². The number of hydrogen-bond donors (Lipinski definition) is 2. The fraction of sp³-hybridized carbons (Fsp3) is 0.667. The van der Waals surface area contributed by atoms with Gasteiger partial charge in [0.1, 0.15) is 6.04 Å². The lowest BCUT2D eigenvalue weighted by Crippen LogP contribution is -2.29. The molecule has 70 valence electrons. The van der Waals surface area contributed by atoms with Gasteiger partial charge >= 0.3 is 5.97 Å². The molecule has 12 heavy (non-hydrogen) atoms. The molecule has 3 heteroatoms. The minimum atomic E-state index is -0.902. The van der Waals surface area contributed by atoms with Gasteiger partial charge in [-0.3, -0.25) is 4.79 Å². The third-order valence-corrected chi connectivity index (χ3v) is 1.69. The van der Waals surface area contributed by atoms with Crippen LogP contribution in [0, 0.1) is 0 Å². The largest absolute Gasteiger partial charge is 0.480 e. The van der Waals surface area contributed by atoms with Crippen LogP contribution in [0.2, 0.25) is 0 Å². The predicted molar refractivity (Wildman–Crippen MR) is 48.9 cm³/mol. The number of carboxylic acids is 1. The van der Waals surface area contributed by atoms with Gasteiger partial charge in [0.05, 0.1) is 0 Å². The van der Waals surface area contributed by atoms with E-state index in [4.69, 9.17) is 10.8 Å². The van der Waals surface area contributed by atoms with Gasteiger partial charge in [0.25, 0.3) is 0 Å². The van der Waals surface area contributed by atoms with Gasteiger partial charge in [0.15, 0.2) is 0 Å². The third kappa shape index (κ3) is 5.92. The van der Waals surface area contributed by atoms with Gasteiger partial charge in [-0.15, -0.1) is 0 Å². The Morgan fingerprint density at radius 2 is 2.25 bits per heavy atom. The van der Waals surface area contributed by atoms with E-state index in [0.717, 1.165) is 19.3 Å². The highest BCUT2D eigenvalue weighted by Crippen LogP contribution is 2.02. The molecule has 0 amide bonds. The van der Waals surface area contributed by atoms with Gasteiger partial charge in [0, 0.05) is 0 Å². The molecule has 0 heterocycles. The number of allylic oxidation sites excluding steroid dienone is 2. The zero-order chi connectivity index (χ0) is 9.40. The molecule has 0 saturated heterocycles. The van der Waals surface area contributed by atoms with Gasteiger partial charge < -0.3 is 10.8 Å². The van der Waals surface area contributed by atoms with Gasteiger partial charge in [-0.1, -0.05) is 18.6 Å². The summed E-state index contributed by atoms with van der Waals surface area (Å²) < 4.78 is 0. The van der Waals surface area contributed by atoms with Crippen molar-refractivity contribution in [1.82, 2.24) is 0 Å². The van der Waals surface area contributed by atoms with E-state index in [1.807, 2.05) is 13.0 Å². The highest BCUT2D eigenvalue weighted by atomic mass is 16.4. The van der Waals surface area contributed by atoms with Crippen LogP contribution in [-0.4, -0.2) is 17.1 Å². The molecule has 0 aliphatic carbocycles. The molecule has 3 nitrogen and oxygen atoms in total. The quantitative estimate of drug-likeness (QED) is 0.470. The van der Waals surface area contributed by atoms with E-state index >= 15 is 0 Å². The molecule has 0 aromatic carbocycles. The molecular weight excluding hydrogens is 154 g/mol. The number of unbranched alkanes of at least 4 members (excludes halogenated alkanes) is 2. The topological polar surface area (TPSA) is 63.3 Å². The van der Waals surface area contributed by atoms with Crippen molar-refractivity contribution < 1.29 is 9.90 Å². The van der Waals surface area contributed by atoms with Crippen LogP contribution in [0.3, 0.4) is 0 Å². The van der Waals surface area contributed by atoms with Crippen molar-refractivity contribution in [2.45, 2.75) is 38.6 Å². The lowest BCUT2D eigenvalue weighted by molar-refractivity contribution is -0.138. The number of aliphatic carboxylic acids is 1. The van der Waals surface area contributed by atoms with E-state index < -0.39 is 12.0 Å². The average Bonchev–Trinajstić information content (AvgIpc) is 2.03. The van der Waals surface area contributed by atoms with Crippen LogP contribution in [0.25, 0.3) is 0 Å². The number of carboxylic acid groups (broad SMARTS) is 1. The summed E-state index contributed by atoms with van der Waals surface area (Å²) in [7, 11) is 0. The Balaban J connectivity index is 3.25. The molecule has 0 spiro atoms. The summed E-state index contributed by atoms with van der Waals surface area (Å²) in [6, 6.07) is -0.685. The molecule has 0 saturated carbocycles. The molecule has 0 aromatic heterocycles. The summed E-state index contributed by atoms with van der Waals surface area (Å²) in [4.78, 5) is 10.3. The van der Waals surface area contributed by atoms with Crippen LogP contribution in [0.15, 0.2) is 12.2 Å². The molecular formula is C9H17NO2. The summed E-state index contributed by atoms with van der Waals surface area (Å²) in [5.74, 6) is -0.902. The van der Waals surface area contributed by atoms with Crippen LogP contribution in [0.5, 0.6) is 0 Å². The number of carbonyl (C=O) groups is 1. The Labute approximate surface area is 73.3 Å². The van der Waals surface area contributed by atoms with Crippen molar-refractivity contribution in [2.24, 2.45) is 5.73 Å². The predicted octanol–water partition coefficient (Wildman–Crippen LogP) is 1.53. The summed E-state index contributed by atoms with van der Waals surface area (Å²) >= 11 is 0. The van der Waals surface area contributed by atoms with Crippen molar-refractivity contribution in [3.63, 3.8) is 0 Å². The second-order valence-electron chi connectivity index (χ2n) is 2.80. The van der Waals surface area contributed by atoms with E-state index in [-0.39, 0.29) is 0 Å². The lowest BCUT2D eigenvalue weighted by atomic mass is 10.1. The second-order valence-corrected chi connectivity index (χ2v) is 2.80. The monoisotopic (exact) mass is 171 g/mol. The van der Waals surface area contributed by atoms with Gasteiger partial charge in [-0.05, 0) is 26.2 Å². The van der Waals surface area contributed by atoms with Crippen LogP contribution in [-0.2, 0) is 4.79 Å². The zero-order valence-corrected chi connectivity index (χ0v) is 7.49. The van der Waals surface area contributed by atoms with Crippen molar-refractivity contribution in [3.05, 3.63) is 12.2 Å². The maximum atomic E-state index is 10.3. The molecule has 0 radical (unpaired) electrons. The first-order valence-corrected chi connectivity index (χ1v) is 4.28. The fourth-order valence-corrected chi connectivity index (χ4v) is 0.917. The SMILES string of the molecule is CC=CCCCCC(N)C(=O)O. The zero-order valence-electron chi connectivity index (χ0n) is 7.49. The Hall–Kier alpha value is -0.830. The minimum Gasteiger partial charge on any atom is -0.480 e. The standard InChI is InChI=1S/C9H17NO2/c1-2-3-4-5-6-7-8(10)9(11)12/h2-3,8H,4-7,10H2,1H3,(H,11,12). The molecule has 0 aromatic rings. The maximum absolute atomic E-state index is 10.3. The molecule has 0 aliphatic rings. The summed E-state index contributed by atoms with van der Waals surface area (Å²) in [5.41, 5.74) is 5.31. The minimum absolute atomic E-state index is 0.576. The first-order chi connectivity index (χ1) is 5.68. The highest BCUT2D eigenvalue weighted by Gasteiger charge is 2.09. The van der Waals surface area contributed by atoms with Crippen molar-refractivity contribution in [3.8, 4) is 0 Å². The summed E-state index contributed by atoms with van der Waals surface area (Å²) in [6.45, 7) is 1.98.